The third-order valence-corrected chi connectivity index (χ3v) is 5.74. The predicted octanol–water partition coefficient (Wildman–Crippen LogP) is 7.09. The van der Waals surface area contributed by atoms with Crippen LogP contribution in [0.2, 0.25) is 0 Å². The van der Waals surface area contributed by atoms with Gasteiger partial charge in [0.1, 0.15) is 0 Å². The van der Waals surface area contributed by atoms with Crippen molar-refractivity contribution < 1.29 is 33.5 Å². The molecule has 0 spiro atoms. The Morgan fingerprint density at radius 2 is 1.27 bits per heavy atom. The van der Waals surface area contributed by atoms with Crippen LogP contribution in [-0.4, -0.2) is 68.2 Å². The molecule has 0 aromatic rings. The van der Waals surface area contributed by atoms with E-state index in [0.717, 1.165) is 51.7 Å². The summed E-state index contributed by atoms with van der Waals surface area (Å²) in [5.74, 6) is -0.360. The Morgan fingerprint density at radius 3 is 1.81 bits per heavy atom. The minimum Gasteiger partial charge on any atom is -0.381 e. The molecule has 7 heteroatoms. The van der Waals surface area contributed by atoms with E-state index in [2.05, 4.69) is 34.6 Å². The molecule has 7 nitrogen and oxygen atoms in total. The Morgan fingerprint density at radius 1 is 0.703 bits per heavy atom. The van der Waals surface area contributed by atoms with Gasteiger partial charge in [0.15, 0.2) is 6.29 Å². The summed E-state index contributed by atoms with van der Waals surface area (Å²) < 4.78 is 36.7. The van der Waals surface area contributed by atoms with Gasteiger partial charge < -0.3 is 33.5 Å². The molecule has 0 bridgehead atoms. The van der Waals surface area contributed by atoms with Gasteiger partial charge in [0, 0.05) is 26.2 Å². The van der Waals surface area contributed by atoms with E-state index in [1.54, 1.807) is 0 Å². The first-order chi connectivity index (χ1) is 17.3. The maximum Gasteiger partial charge on any atom is 0.285 e. The van der Waals surface area contributed by atoms with Gasteiger partial charge in [0.25, 0.3) is 5.97 Å². The average molecular weight is 535 g/mol. The van der Waals surface area contributed by atoms with Crippen LogP contribution in [0.5, 0.6) is 0 Å². The molecule has 3 atom stereocenters. The van der Waals surface area contributed by atoms with Crippen molar-refractivity contribution in [3.8, 4) is 0 Å². The molecule has 0 fully saturated rings. The molecule has 0 saturated heterocycles. The van der Waals surface area contributed by atoms with Crippen molar-refractivity contribution in [2.24, 2.45) is 11.8 Å². The summed E-state index contributed by atoms with van der Waals surface area (Å²) in [4.78, 5) is 0. The van der Waals surface area contributed by atoms with Gasteiger partial charge in [-0.05, 0) is 85.0 Å². The second-order valence-electron chi connectivity index (χ2n) is 12.0. The molecule has 3 unspecified atom stereocenters. The number of aliphatic hydroxyl groups excluding tert-OH is 1. The monoisotopic (exact) mass is 534 g/mol. The summed E-state index contributed by atoms with van der Waals surface area (Å²) in [5, 5.41) is 10.5. The lowest BCUT2D eigenvalue weighted by molar-refractivity contribution is -0.409. The molecule has 1 N–H and O–H groups in total. The maximum atomic E-state index is 10.5. The largest absolute Gasteiger partial charge is 0.381 e. The van der Waals surface area contributed by atoms with Crippen molar-refractivity contribution in [2.75, 3.05) is 33.0 Å². The topological polar surface area (TPSA) is 75.6 Å². The lowest BCUT2D eigenvalue weighted by atomic mass is 10.0. The summed E-state index contributed by atoms with van der Waals surface area (Å²) in [6, 6.07) is 0. The molecule has 0 aromatic heterocycles. The molecule has 0 aliphatic heterocycles. The molecule has 0 aromatic carbocycles. The first-order valence-corrected chi connectivity index (χ1v) is 14.8. The maximum absolute atomic E-state index is 10.5. The van der Waals surface area contributed by atoms with E-state index in [4.69, 9.17) is 28.4 Å². The molecule has 0 saturated carbocycles. The van der Waals surface area contributed by atoms with Gasteiger partial charge in [-0.1, -0.05) is 34.6 Å². The van der Waals surface area contributed by atoms with E-state index >= 15 is 0 Å². The Hall–Kier alpha value is -0.280. The highest BCUT2D eigenvalue weighted by atomic mass is 16.9. The zero-order valence-corrected chi connectivity index (χ0v) is 26.0. The molecule has 0 aliphatic rings. The Labute approximate surface area is 229 Å². The molecule has 0 amide bonds. The zero-order valence-electron chi connectivity index (χ0n) is 26.0. The molecular formula is C30H62O7. The number of hydrogen-bond acceptors (Lipinski definition) is 7. The fraction of sp³-hybridized carbons (Fsp3) is 1.00. The molecule has 0 heterocycles. The van der Waals surface area contributed by atoms with E-state index in [9.17, 15) is 5.11 Å². The SMILES string of the molecule is CCC(C)OC(CC(C)(C)OC(O)CC(C)C)(OCCCCCOCC(C)C)OCCCCOC(C)C. The molecule has 0 radical (unpaired) electrons. The van der Waals surface area contributed by atoms with Gasteiger partial charge in [-0.2, -0.15) is 0 Å². The van der Waals surface area contributed by atoms with Crippen LogP contribution in [0.25, 0.3) is 0 Å². The van der Waals surface area contributed by atoms with Crippen molar-refractivity contribution in [3.63, 3.8) is 0 Å². The second kappa shape index (κ2) is 20.6. The molecule has 37 heavy (non-hydrogen) atoms. The van der Waals surface area contributed by atoms with Crippen LogP contribution in [0.3, 0.4) is 0 Å². The number of aliphatic hydroxyl groups is 1. The average Bonchev–Trinajstić information content (AvgIpc) is 2.76. The molecule has 224 valence electrons. The smallest absolute Gasteiger partial charge is 0.285 e. The second-order valence-corrected chi connectivity index (χ2v) is 12.0. The first-order valence-electron chi connectivity index (χ1n) is 14.8. The zero-order chi connectivity index (χ0) is 28.3. The molecule has 0 rings (SSSR count). The highest BCUT2D eigenvalue weighted by Crippen LogP contribution is 2.33. The number of unbranched alkanes of at least 4 members (excludes halogenated alkanes) is 3. The number of rotatable bonds is 25. The summed E-state index contributed by atoms with van der Waals surface area (Å²) >= 11 is 0. The van der Waals surface area contributed by atoms with Crippen LogP contribution in [0, 0.1) is 11.8 Å². The van der Waals surface area contributed by atoms with Crippen molar-refractivity contribution in [2.45, 2.75) is 151 Å². The van der Waals surface area contributed by atoms with Gasteiger partial charge in [-0.3, -0.25) is 0 Å². The van der Waals surface area contributed by atoms with Gasteiger partial charge in [0.2, 0.25) is 0 Å². The number of hydrogen-bond donors (Lipinski definition) is 1. The quantitative estimate of drug-likeness (QED) is 0.0990. The van der Waals surface area contributed by atoms with Gasteiger partial charge in [0.05, 0.1) is 37.4 Å². The van der Waals surface area contributed by atoms with Crippen LogP contribution in [0.1, 0.15) is 121 Å². The minimum atomic E-state index is -1.25. The Balaban J connectivity index is 5.24. The van der Waals surface area contributed by atoms with Crippen LogP contribution >= 0.6 is 0 Å². The van der Waals surface area contributed by atoms with Crippen LogP contribution in [0.4, 0.5) is 0 Å². The van der Waals surface area contributed by atoms with E-state index in [1.807, 2.05) is 34.6 Å². The minimum absolute atomic E-state index is 0.0508. The highest BCUT2D eigenvalue weighted by Gasteiger charge is 2.42. The van der Waals surface area contributed by atoms with Gasteiger partial charge in [-0.25, -0.2) is 0 Å². The molecule has 0 aliphatic carbocycles. The van der Waals surface area contributed by atoms with Crippen LogP contribution < -0.4 is 0 Å². The predicted molar refractivity (Wildman–Crippen MR) is 151 cm³/mol. The first kappa shape index (κ1) is 36.7. The Kier molecular flexibility index (Phi) is 20.4. The normalized spacial score (nSPS) is 16.1. The van der Waals surface area contributed by atoms with E-state index < -0.39 is 17.9 Å². The lowest BCUT2D eigenvalue weighted by Gasteiger charge is -2.41. The fourth-order valence-electron chi connectivity index (χ4n) is 3.81. The van der Waals surface area contributed by atoms with Crippen molar-refractivity contribution >= 4 is 0 Å². The highest BCUT2D eigenvalue weighted by molar-refractivity contribution is 4.78. The molecular weight excluding hydrogens is 472 g/mol. The van der Waals surface area contributed by atoms with Gasteiger partial charge >= 0.3 is 0 Å². The summed E-state index contributed by atoms with van der Waals surface area (Å²) in [5.41, 5.74) is -0.715. The van der Waals surface area contributed by atoms with Crippen LogP contribution in [-0.2, 0) is 28.4 Å². The Bertz CT molecular complexity index is 524. The third-order valence-electron chi connectivity index (χ3n) is 5.74. The van der Waals surface area contributed by atoms with Crippen molar-refractivity contribution in [1.29, 1.82) is 0 Å². The van der Waals surface area contributed by atoms with E-state index in [0.29, 0.717) is 44.5 Å². The third kappa shape index (κ3) is 21.2. The van der Waals surface area contributed by atoms with E-state index in [-0.39, 0.29) is 12.2 Å². The van der Waals surface area contributed by atoms with Crippen molar-refractivity contribution in [3.05, 3.63) is 0 Å². The lowest BCUT2D eigenvalue weighted by Crippen LogP contribution is -2.49. The summed E-state index contributed by atoms with van der Waals surface area (Å²) in [6.45, 7) is 23.9. The standard InChI is InChI=1S/C30H62O7/c1-11-27(8)36-30(35-20-16-15-18-33-26(6)7,23-29(9,10)37-28(31)21-24(2)3)34-19-14-12-13-17-32-22-25(4)5/h24-28,31H,11-23H2,1-10H3. The van der Waals surface area contributed by atoms with Gasteiger partial charge in [-0.15, -0.1) is 0 Å². The van der Waals surface area contributed by atoms with Crippen molar-refractivity contribution in [1.82, 2.24) is 0 Å². The van der Waals surface area contributed by atoms with E-state index in [1.165, 1.54) is 0 Å². The fourth-order valence-corrected chi connectivity index (χ4v) is 3.81. The van der Waals surface area contributed by atoms with Crippen LogP contribution in [0.15, 0.2) is 0 Å². The summed E-state index contributed by atoms with van der Waals surface area (Å²) in [6.07, 6.45) is 5.72. The summed E-state index contributed by atoms with van der Waals surface area (Å²) in [7, 11) is 0. The number of ether oxygens (including phenoxy) is 6.